The minimum absolute atomic E-state index is 0.0273. The first-order valence-corrected chi connectivity index (χ1v) is 9.36. The fourth-order valence-electron chi connectivity index (χ4n) is 3.64. The van der Waals surface area contributed by atoms with E-state index < -0.39 is 5.78 Å². The molecule has 0 saturated heterocycles. The number of halogens is 1. The van der Waals surface area contributed by atoms with Crippen molar-refractivity contribution >= 4 is 34.5 Å². The third kappa shape index (κ3) is 2.79. The molecule has 0 spiro atoms. The van der Waals surface area contributed by atoms with Crippen LogP contribution in [-0.4, -0.2) is 30.5 Å². The Morgan fingerprint density at radius 3 is 2.77 bits per heavy atom. The van der Waals surface area contributed by atoms with Crippen LogP contribution in [0.1, 0.15) is 15.9 Å². The van der Waals surface area contributed by atoms with E-state index in [-0.39, 0.29) is 28.6 Å². The van der Waals surface area contributed by atoms with Crippen LogP contribution in [0.25, 0.3) is 28.2 Å². The number of aromatic hydroxyl groups is 2. The van der Waals surface area contributed by atoms with Crippen molar-refractivity contribution in [3.8, 4) is 28.4 Å². The van der Waals surface area contributed by atoms with Gasteiger partial charge in [0, 0.05) is 54.3 Å². The molecular weight excluding hydrogens is 406 g/mol. The molecule has 148 valence electrons. The summed E-state index contributed by atoms with van der Waals surface area (Å²) in [6, 6.07) is 7.84. The molecule has 1 aliphatic heterocycles. The van der Waals surface area contributed by atoms with Crippen LogP contribution < -0.4 is 4.74 Å². The Labute approximate surface area is 175 Å². The number of phenols is 2. The second kappa shape index (κ2) is 6.60. The van der Waals surface area contributed by atoms with Gasteiger partial charge in [0.25, 0.3) is 0 Å². The Bertz CT molecular complexity index is 1370. The predicted octanol–water partition coefficient (Wildman–Crippen LogP) is 4.32. The second-order valence-corrected chi connectivity index (χ2v) is 7.29. The van der Waals surface area contributed by atoms with Crippen molar-refractivity contribution in [1.82, 2.24) is 14.5 Å². The maximum Gasteiger partial charge on any atom is 0.235 e. The standard InChI is InChI=1S/C22H14ClN3O4/c1-26-10-12(6-17-21(29)20-15(28)7-13(27)8-16(20)30-17)19-14(4-5-24-22(19)26)11-2-3-18(23)25-9-11/h2-10,27-28H,1H3. The number of carbonyl (C=O) groups excluding carboxylic acids is 1. The number of Topliss-reactive ketones (excluding diaryl/α,β-unsaturated/α-hetero) is 1. The van der Waals surface area contributed by atoms with Gasteiger partial charge in [0.05, 0.1) is 0 Å². The first kappa shape index (κ1) is 18.2. The van der Waals surface area contributed by atoms with Crippen LogP contribution in [0.5, 0.6) is 17.2 Å². The molecule has 3 aromatic heterocycles. The summed E-state index contributed by atoms with van der Waals surface area (Å²) in [6.07, 6.45) is 6.83. The SMILES string of the molecule is Cn1cc(C=C2Oc3cc(O)cc(O)c3C2=O)c2c(-c3ccc(Cl)nc3)ccnc21. The summed E-state index contributed by atoms with van der Waals surface area (Å²) in [5.74, 6) is -0.817. The highest BCUT2D eigenvalue weighted by molar-refractivity contribution is 6.29. The number of allylic oxidation sites excluding steroid dienone is 1. The number of pyridine rings is 2. The topological polar surface area (TPSA) is 97.5 Å². The minimum Gasteiger partial charge on any atom is -0.508 e. The van der Waals surface area contributed by atoms with Gasteiger partial charge < -0.3 is 19.5 Å². The minimum atomic E-state index is -0.460. The van der Waals surface area contributed by atoms with Gasteiger partial charge in [-0.3, -0.25) is 4.79 Å². The van der Waals surface area contributed by atoms with Crippen molar-refractivity contribution in [1.29, 1.82) is 0 Å². The maximum atomic E-state index is 12.8. The zero-order chi connectivity index (χ0) is 21.0. The van der Waals surface area contributed by atoms with E-state index in [9.17, 15) is 15.0 Å². The summed E-state index contributed by atoms with van der Waals surface area (Å²) in [6.45, 7) is 0. The monoisotopic (exact) mass is 419 g/mol. The van der Waals surface area contributed by atoms with Gasteiger partial charge in [-0.1, -0.05) is 11.6 Å². The molecule has 8 heteroatoms. The van der Waals surface area contributed by atoms with E-state index in [1.165, 1.54) is 6.07 Å². The molecule has 0 amide bonds. The van der Waals surface area contributed by atoms with E-state index >= 15 is 0 Å². The third-order valence-corrected chi connectivity index (χ3v) is 5.17. The Morgan fingerprint density at radius 1 is 1.17 bits per heavy atom. The van der Waals surface area contributed by atoms with Gasteiger partial charge in [0.2, 0.25) is 5.78 Å². The molecule has 0 unspecified atom stereocenters. The van der Waals surface area contributed by atoms with Crippen LogP contribution in [-0.2, 0) is 7.05 Å². The maximum absolute atomic E-state index is 12.8. The number of aromatic nitrogens is 3. The third-order valence-electron chi connectivity index (χ3n) is 4.95. The summed E-state index contributed by atoms with van der Waals surface area (Å²) >= 11 is 5.92. The lowest BCUT2D eigenvalue weighted by Crippen LogP contribution is -1.98. The second-order valence-electron chi connectivity index (χ2n) is 6.90. The van der Waals surface area contributed by atoms with Gasteiger partial charge >= 0.3 is 0 Å². The molecule has 0 fully saturated rings. The predicted molar refractivity (Wildman–Crippen MR) is 112 cm³/mol. The number of benzene rings is 1. The Balaban J connectivity index is 1.68. The Morgan fingerprint density at radius 2 is 2.00 bits per heavy atom. The fraction of sp³-hybridized carbons (Fsp3) is 0.0455. The molecule has 0 radical (unpaired) electrons. The van der Waals surface area contributed by atoms with Crippen LogP contribution in [0, 0.1) is 0 Å². The van der Waals surface area contributed by atoms with Crippen LogP contribution in [0.15, 0.2) is 54.7 Å². The summed E-state index contributed by atoms with van der Waals surface area (Å²) < 4.78 is 7.49. The number of ether oxygens (including phenoxy) is 1. The van der Waals surface area contributed by atoms with Gasteiger partial charge in [-0.25, -0.2) is 9.97 Å². The molecule has 1 aromatic carbocycles. The van der Waals surface area contributed by atoms with Crippen molar-refractivity contribution in [2.24, 2.45) is 7.05 Å². The fourth-order valence-corrected chi connectivity index (χ4v) is 3.75. The first-order valence-electron chi connectivity index (χ1n) is 8.98. The average molecular weight is 420 g/mol. The molecule has 4 heterocycles. The molecule has 0 bridgehead atoms. The summed E-state index contributed by atoms with van der Waals surface area (Å²) in [7, 11) is 1.86. The van der Waals surface area contributed by atoms with Gasteiger partial charge in [-0.05, 0) is 29.8 Å². The molecule has 7 nitrogen and oxygen atoms in total. The molecule has 1 aliphatic rings. The van der Waals surface area contributed by atoms with Crippen molar-refractivity contribution in [3.05, 3.63) is 71.0 Å². The quantitative estimate of drug-likeness (QED) is 0.371. The number of carbonyl (C=O) groups is 1. The zero-order valence-corrected chi connectivity index (χ0v) is 16.4. The molecule has 0 aliphatic carbocycles. The molecule has 0 saturated carbocycles. The summed E-state index contributed by atoms with van der Waals surface area (Å²) in [5.41, 5.74) is 3.19. The lowest BCUT2D eigenvalue weighted by Gasteiger charge is -2.05. The van der Waals surface area contributed by atoms with Crippen molar-refractivity contribution < 1.29 is 19.7 Å². The molecule has 2 N–H and O–H groups in total. The first-order chi connectivity index (χ1) is 14.4. The van der Waals surface area contributed by atoms with E-state index in [1.54, 1.807) is 24.5 Å². The smallest absolute Gasteiger partial charge is 0.235 e. The van der Waals surface area contributed by atoms with Gasteiger partial charge in [-0.2, -0.15) is 0 Å². The molecular formula is C22H14ClN3O4. The van der Waals surface area contributed by atoms with Gasteiger partial charge in [-0.15, -0.1) is 0 Å². The van der Waals surface area contributed by atoms with E-state index in [1.807, 2.05) is 29.9 Å². The Kier molecular flexibility index (Phi) is 4.01. The van der Waals surface area contributed by atoms with Crippen LogP contribution in [0.4, 0.5) is 0 Å². The van der Waals surface area contributed by atoms with Gasteiger partial charge in [0.1, 0.15) is 33.6 Å². The highest BCUT2D eigenvalue weighted by Crippen LogP contribution is 2.41. The average Bonchev–Trinajstić information content (AvgIpc) is 3.19. The van der Waals surface area contributed by atoms with Crippen molar-refractivity contribution in [2.45, 2.75) is 0 Å². The number of hydrogen-bond acceptors (Lipinski definition) is 6. The zero-order valence-electron chi connectivity index (χ0n) is 15.6. The highest BCUT2D eigenvalue weighted by Gasteiger charge is 2.31. The lowest BCUT2D eigenvalue weighted by atomic mass is 10.0. The van der Waals surface area contributed by atoms with E-state index in [4.69, 9.17) is 16.3 Å². The summed E-state index contributed by atoms with van der Waals surface area (Å²) in [4.78, 5) is 21.4. The molecule has 4 aromatic rings. The number of rotatable bonds is 2. The van der Waals surface area contributed by atoms with E-state index in [0.29, 0.717) is 10.7 Å². The molecule has 5 rings (SSSR count). The van der Waals surface area contributed by atoms with Crippen molar-refractivity contribution in [2.75, 3.05) is 0 Å². The lowest BCUT2D eigenvalue weighted by molar-refractivity contribution is 0.101. The van der Waals surface area contributed by atoms with Crippen LogP contribution in [0.3, 0.4) is 0 Å². The van der Waals surface area contributed by atoms with E-state index in [0.717, 1.165) is 28.2 Å². The molecule has 30 heavy (non-hydrogen) atoms. The number of hydrogen-bond donors (Lipinski definition) is 2. The largest absolute Gasteiger partial charge is 0.508 e. The normalized spacial score (nSPS) is 14.3. The number of phenolic OH excluding ortho intramolecular Hbond substituents is 2. The van der Waals surface area contributed by atoms with Crippen LogP contribution in [0.2, 0.25) is 5.15 Å². The van der Waals surface area contributed by atoms with Crippen molar-refractivity contribution in [3.63, 3.8) is 0 Å². The Hall–Kier alpha value is -3.84. The number of nitrogens with zero attached hydrogens (tertiary/aromatic N) is 3. The number of aryl methyl sites for hydroxylation is 1. The number of fused-ring (bicyclic) bond motifs is 2. The van der Waals surface area contributed by atoms with Gasteiger partial charge in [0.15, 0.2) is 5.76 Å². The number of ketones is 1. The van der Waals surface area contributed by atoms with E-state index in [2.05, 4.69) is 9.97 Å². The highest BCUT2D eigenvalue weighted by atomic mass is 35.5. The molecule has 0 atom stereocenters. The van der Waals surface area contributed by atoms with Crippen LogP contribution >= 0.6 is 11.6 Å². The summed E-state index contributed by atoms with van der Waals surface area (Å²) in [5, 5.41) is 20.9.